The van der Waals surface area contributed by atoms with Crippen LogP contribution in [0.2, 0.25) is 5.02 Å². The number of hydrogen-bond acceptors (Lipinski definition) is 5. The van der Waals surface area contributed by atoms with Crippen LogP contribution >= 0.6 is 34.7 Å². The van der Waals surface area contributed by atoms with Gasteiger partial charge < -0.3 is 10.1 Å². The third-order valence-electron chi connectivity index (χ3n) is 4.32. The lowest BCUT2D eigenvalue weighted by Gasteiger charge is -2.12. The first-order valence-corrected chi connectivity index (χ1v) is 11.3. The van der Waals surface area contributed by atoms with E-state index in [0.29, 0.717) is 34.4 Å². The van der Waals surface area contributed by atoms with Crippen LogP contribution in [0.1, 0.15) is 47.0 Å². The summed E-state index contributed by atoms with van der Waals surface area (Å²) in [7, 11) is 0. The summed E-state index contributed by atoms with van der Waals surface area (Å²) in [6, 6.07) is 7.56. The van der Waals surface area contributed by atoms with E-state index in [-0.39, 0.29) is 11.9 Å². The van der Waals surface area contributed by atoms with Gasteiger partial charge in [0, 0.05) is 27.0 Å². The van der Waals surface area contributed by atoms with Crippen LogP contribution in [0.15, 0.2) is 29.2 Å². The normalized spacial score (nSPS) is 13.1. The summed E-state index contributed by atoms with van der Waals surface area (Å²) in [5.41, 5.74) is 1.63. The second-order valence-electron chi connectivity index (χ2n) is 6.24. The van der Waals surface area contributed by atoms with E-state index in [1.807, 2.05) is 24.3 Å². The van der Waals surface area contributed by atoms with Crippen LogP contribution in [0.5, 0.6) is 0 Å². The van der Waals surface area contributed by atoms with E-state index >= 15 is 0 Å². The predicted octanol–water partition coefficient (Wildman–Crippen LogP) is 5.58. The number of rotatable bonds is 7. The van der Waals surface area contributed by atoms with Crippen LogP contribution in [-0.4, -0.2) is 24.2 Å². The molecule has 144 valence electrons. The van der Waals surface area contributed by atoms with Crippen molar-refractivity contribution in [2.45, 2.75) is 43.9 Å². The first kappa shape index (κ1) is 20.2. The summed E-state index contributed by atoms with van der Waals surface area (Å²) < 4.78 is 5.22. The Kier molecular flexibility index (Phi) is 7.21. The lowest BCUT2D eigenvalue weighted by atomic mass is 9.95. The molecule has 0 aliphatic heterocycles. The zero-order valence-corrected chi connectivity index (χ0v) is 17.6. The molecular formula is C20H22ClNO3S2. The average molecular weight is 424 g/mol. The fourth-order valence-electron chi connectivity index (χ4n) is 3.05. The molecule has 1 N–H and O–H groups in total. The molecule has 0 unspecified atom stereocenters. The Morgan fingerprint density at radius 1 is 1.22 bits per heavy atom. The lowest BCUT2D eigenvalue weighted by Crippen LogP contribution is -2.16. The average Bonchev–Trinajstić information content (AvgIpc) is 3.01. The maximum Gasteiger partial charge on any atom is 0.341 e. The Hall–Kier alpha value is -1.50. The molecule has 0 bridgehead atoms. The Labute approximate surface area is 172 Å². The highest BCUT2D eigenvalue weighted by molar-refractivity contribution is 7.99. The minimum Gasteiger partial charge on any atom is -0.462 e. The van der Waals surface area contributed by atoms with Crippen molar-refractivity contribution in [2.75, 3.05) is 17.7 Å². The smallest absolute Gasteiger partial charge is 0.341 e. The third-order valence-corrected chi connectivity index (χ3v) is 6.79. The minimum atomic E-state index is -0.331. The van der Waals surface area contributed by atoms with Crippen molar-refractivity contribution in [1.29, 1.82) is 0 Å². The molecule has 1 amide bonds. The SMILES string of the molecule is CCOC(=O)c1c(NC(=O)CCSc2ccc(Cl)cc2)sc2c1CCCC2. The molecule has 3 rings (SSSR count). The van der Waals surface area contributed by atoms with Crippen molar-refractivity contribution >= 4 is 51.6 Å². The van der Waals surface area contributed by atoms with Gasteiger partial charge in [-0.25, -0.2) is 4.79 Å². The number of carbonyl (C=O) groups is 2. The maximum atomic E-state index is 12.4. The van der Waals surface area contributed by atoms with E-state index in [1.54, 1.807) is 18.7 Å². The molecule has 1 aromatic carbocycles. The maximum absolute atomic E-state index is 12.4. The number of benzene rings is 1. The quantitative estimate of drug-likeness (QED) is 0.466. The van der Waals surface area contributed by atoms with Crippen LogP contribution in [0.4, 0.5) is 5.00 Å². The van der Waals surface area contributed by atoms with E-state index < -0.39 is 0 Å². The van der Waals surface area contributed by atoms with Crippen LogP contribution in [0.3, 0.4) is 0 Å². The molecule has 27 heavy (non-hydrogen) atoms. The Bertz CT molecular complexity index is 817. The van der Waals surface area contributed by atoms with Crippen LogP contribution < -0.4 is 5.32 Å². The topological polar surface area (TPSA) is 55.4 Å². The molecule has 0 saturated heterocycles. The molecule has 7 heteroatoms. The number of nitrogens with one attached hydrogen (secondary N) is 1. The molecule has 1 heterocycles. The highest BCUT2D eigenvalue weighted by Gasteiger charge is 2.27. The van der Waals surface area contributed by atoms with Crippen molar-refractivity contribution in [3.8, 4) is 0 Å². The number of fused-ring (bicyclic) bond motifs is 1. The van der Waals surface area contributed by atoms with Crippen molar-refractivity contribution in [2.24, 2.45) is 0 Å². The predicted molar refractivity (Wildman–Crippen MR) is 112 cm³/mol. The Balaban J connectivity index is 1.63. The third kappa shape index (κ3) is 5.27. The molecule has 1 aliphatic carbocycles. The van der Waals surface area contributed by atoms with Crippen LogP contribution in [0, 0.1) is 0 Å². The van der Waals surface area contributed by atoms with E-state index in [4.69, 9.17) is 16.3 Å². The summed E-state index contributed by atoms with van der Waals surface area (Å²) in [4.78, 5) is 27.1. The highest BCUT2D eigenvalue weighted by Crippen LogP contribution is 2.38. The second-order valence-corrected chi connectivity index (χ2v) is 8.95. The zero-order chi connectivity index (χ0) is 19.2. The molecule has 0 radical (unpaired) electrons. The molecule has 0 atom stereocenters. The number of thiophene rings is 1. The van der Waals surface area contributed by atoms with E-state index in [2.05, 4.69) is 5.32 Å². The fraction of sp³-hybridized carbons (Fsp3) is 0.400. The van der Waals surface area contributed by atoms with Gasteiger partial charge in [0.1, 0.15) is 5.00 Å². The number of aryl methyl sites for hydroxylation is 1. The molecule has 1 aromatic heterocycles. The van der Waals surface area contributed by atoms with Gasteiger partial charge in [0.15, 0.2) is 0 Å². The monoisotopic (exact) mass is 423 g/mol. The number of halogens is 1. The molecule has 0 saturated carbocycles. The van der Waals surface area contributed by atoms with E-state index in [9.17, 15) is 9.59 Å². The van der Waals surface area contributed by atoms with Gasteiger partial charge in [0.2, 0.25) is 5.91 Å². The number of hydrogen-bond donors (Lipinski definition) is 1. The largest absolute Gasteiger partial charge is 0.462 e. The van der Waals surface area contributed by atoms with Gasteiger partial charge in [-0.3, -0.25) is 4.79 Å². The first-order valence-electron chi connectivity index (χ1n) is 9.08. The first-order chi connectivity index (χ1) is 13.1. The molecule has 0 fully saturated rings. The second kappa shape index (κ2) is 9.62. The molecule has 1 aliphatic rings. The van der Waals surface area contributed by atoms with Gasteiger partial charge in [-0.2, -0.15) is 0 Å². The van der Waals surface area contributed by atoms with E-state index in [1.165, 1.54) is 16.2 Å². The summed E-state index contributed by atoms with van der Waals surface area (Å²) in [5.74, 6) is 0.246. The van der Waals surface area contributed by atoms with E-state index in [0.717, 1.165) is 36.1 Å². The Morgan fingerprint density at radius 3 is 2.70 bits per heavy atom. The highest BCUT2D eigenvalue weighted by atomic mass is 35.5. The van der Waals surface area contributed by atoms with Gasteiger partial charge in [0.25, 0.3) is 0 Å². The molecule has 2 aromatic rings. The number of thioether (sulfide) groups is 1. The Morgan fingerprint density at radius 2 is 1.96 bits per heavy atom. The standard InChI is InChI=1S/C20H22ClNO3S2/c1-2-25-20(24)18-15-5-3-4-6-16(15)27-19(18)22-17(23)11-12-26-14-9-7-13(21)8-10-14/h7-10H,2-6,11-12H2,1H3,(H,22,23). The number of anilines is 1. The summed E-state index contributed by atoms with van der Waals surface area (Å²) in [6.07, 6.45) is 4.41. The lowest BCUT2D eigenvalue weighted by molar-refractivity contribution is -0.115. The van der Waals surface area contributed by atoms with Gasteiger partial charge >= 0.3 is 5.97 Å². The van der Waals surface area contributed by atoms with Gasteiger partial charge in [-0.15, -0.1) is 23.1 Å². The van der Waals surface area contributed by atoms with Crippen molar-refractivity contribution in [1.82, 2.24) is 0 Å². The van der Waals surface area contributed by atoms with Gasteiger partial charge in [0.05, 0.1) is 12.2 Å². The minimum absolute atomic E-state index is 0.0828. The molecule has 4 nitrogen and oxygen atoms in total. The summed E-state index contributed by atoms with van der Waals surface area (Å²) >= 11 is 9.01. The number of carbonyl (C=O) groups excluding carboxylic acids is 2. The van der Waals surface area contributed by atoms with Gasteiger partial charge in [-0.1, -0.05) is 11.6 Å². The summed E-state index contributed by atoms with van der Waals surface area (Å²) in [5, 5.41) is 4.29. The van der Waals surface area contributed by atoms with Crippen LogP contribution in [-0.2, 0) is 22.4 Å². The number of ether oxygens (including phenoxy) is 1. The van der Waals surface area contributed by atoms with Crippen LogP contribution in [0.25, 0.3) is 0 Å². The summed E-state index contributed by atoms with van der Waals surface area (Å²) in [6.45, 7) is 2.12. The number of esters is 1. The zero-order valence-electron chi connectivity index (χ0n) is 15.2. The van der Waals surface area contributed by atoms with Gasteiger partial charge in [-0.05, 0) is 62.4 Å². The fourth-order valence-corrected chi connectivity index (χ4v) is 5.33. The van der Waals surface area contributed by atoms with Crippen molar-refractivity contribution in [3.05, 3.63) is 45.3 Å². The van der Waals surface area contributed by atoms with Crippen molar-refractivity contribution in [3.63, 3.8) is 0 Å². The molecule has 0 spiro atoms. The molecular weight excluding hydrogens is 402 g/mol. The van der Waals surface area contributed by atoms with Crippen molar-refractivity contribution < 1.29 is 14.3 Å². The number of amides is 1.